The summed E-state index contributed by atoms with van der Waals surface area (Å²) in [5.74, 6) is -0.223. The molecule has 1 amide bonds. The molecule has 0 saturated heterocycles. The third-order valence-corrected chi connectivity index (χ3v) is 5.63. The topological polar surface area (TPSA) is 63.2 Å². The Morgan fingerprint density at radius 3 is 2.35 bits per heavy atom. The number of benzene rings is 3. The van der Waals surface area contributed by atoms with Crippen LogP contribution in [0.4, 0.5) is 5.69 Å². The number of anilines is 1. The van der Waals surface area contributed by atoms with Gasteiger partial charge in [-0.25, -0.2) is 8.42 Å². The molecule has 4 rings (SSSR count). The Morgan fingerprint density at radius 2 is 1.65 bits per heavy atom. The third-order valence-electron chi connectivity index (χ3n) is 4.77. The minimum atomic E-state index is -3.09. The summed E-state index contributed by atoms with van der Waals surface area (Å²) in [6.45, 7) is 0. The van der Waals surface area contributed by atoms with E-state index in [2.05, 4.69) is 17.4 Å². The van der Waals surface area contributed by atoms with Gasteiger partial charge in [0.25, 0.3) is 5.91 Å². The first kappa shape index (κ1) is 16.8. The first-order chi connectivity index (χ1) is 12.4. The standard InChI is InChI=1S/C21H19NO3S/c1-26(24,25)13-14-5-7-17(8-6-14)21(23)22-19-12-11-16-10-9-15-3-2-4-18(19)20(15)16/h2-8,11-12H,9-10,13H2,1H3,(H,22,23). The average Bonchev–Trinajstić information content (AvgIpc) is 3.01. The Balaban J connectivity index is 1.60. The number of carbonyl (C=O) groups is 1. The molecule has 0 bridgehead atoms. The molecule has 26 heavy (non-hydrogen) atoms. The lowest BCUT2D eigenvalue weighted by atomic mass is 10.0. The quantitative estimate of drug-likeness (QED) is 0.766. The Morgan fingerprint density at radius 1 is 0.962 bits per heavy atom. The van der Waals surface area contributed by atoms with Crippen molar-refractivity contribution < 1.29 is 13.2 Å². The second kappa shape index (κ2) is 6.25. The molecule has 0 aromatic heterocycles. The van der Waals surface area contributed by atoms with Gasteiger partial charge in [-0.05, 0) is 53.1 Å². The van der Waals surface area contributed by atoms with E-state index in [0.717, 1.165) is 23.9 Å². The van der Waals surface area contributed by atoms with Crippen molar-refractivity contribution in [3.05, 3.63) is 76.9 Å². The zero-order chi connectivity index (χ0) is 18.3. The van der Waals surface area contributed by atoms with Crippen LogP contribution in [-0.4, -0.2) is 20.6 Å². The summed E-state index contributed by atoms with van der Waals surface area (Å²) < 4.78 is 22.7. The van der Waals surface area contributed by atoms with Crippen molar-refractivity contribution in [1.29, 1.82) is 0 Å². The van der Waals surface area contributed by atoms with Gasteiger partial charge in [-0.3, -0.25) is 4.79 Å². The van der Waals surface area contributed by atoms with Crippen LogP contribution in [0.5, 0.6) is 0 Å². The molecule has 0 aliphatic heterocycles. The number of carbonyl (C=O) groups excluding carboxylic acids is 1. The summed E-state index contributed by atoms with van der Waals surface area (Å²) in [6.07, 6.45) is 3.29. The predicted octanol–water partition coefficient (Wildman–Crippen LogP) is 3.74. The van der Waals surface area contributed by atoms with E-state index in [-0.39, 0.29) is 11.7 Å². The maximum atomic E-state index is 12.6. The summed E-state index contributed by atoms with van der Waals surface area (Å²) in [5.41, 5.74) is 4.65. The molecule has 1 aliphatic rings. The van der Waals surface area contributed by atoms with Crippen molar-refractivity contribution in [2.24, 2.45) is 0 Å². The van der Waals surface area contributed by atoms with Crippen molar-refractivity contribution in [2.75, 3.05) is 11.6 Å². The monoisotopic (exact) mass is 365 g/mol. The molecule has 0 atom stereocenters. The van der Waals surface area contributed by atoms with Gasteiger partial charge in [0, 0.05) is 22.9 Å². The van der Waals surface area contributed by atoms with Crippen molar-refractivity contribution in [1.82, 2.24) is 0 Å². The lowest BCUT2D eigenvalue weighted by Gasteiger charge is -2.11. The highest BCUT2D eigenvalue weighted by Gasteiger charge is 2.17. The van der Waals surface area contributed by atoms with Crippen LogP contribution in [0.1, 0.15) is 27.0 Å². The minimum absolute atomic E-state index is 0.0240. The molecule has 0 saturated carbocycles. The summed E-state index contributed by atoms with van der Waals surface area (Å²) in [7, 11) is -3.09. The maximum Gasteiger partial charge on any atom is 0.255 e. The second-order valence-corrected chi connectivity index (χ2v) is 8.97. The number of amides is 1. The fourth-order valence-corrected chi connectivity index (χ4v) is 4.40. The lowest BCUT2D eigenvalue weighted by Crippen LogP contribution is -2.12. The molecule has 0 unspecified atom stereocenters. The Labute approximate surface area is 152 Å². The number of rotatable bonds is 4. The Kier molecular flexibility index (Phi) is 4.04. The van der Waals surface area contributed by atoms with Crippen LogP contribution in [0, 0.1) is 0 Å². The van der Waals surface area contributed by atoms with Gasteiger partial charge in [0.05, 0.1) is 5.75 Å². The largest absolute Gasteiger partial charge is 0.321 e. The molecular weight excluding hydrogens is 346 g/mol. The molecule has 5 heteroatoms. The fraction of sp³-hybridized carbons (Fsp3) is 0.190. The molecule has 0 spiro atoms. The van der Waals surface area contributed by atoms with Crippen molar-refractivity contribution in [3.63, 3.8) is 0 Å². The normalized spacial score (nSPS) is 13.1. The van der Waals surface area contributed by atoms with Crippen LogP contribution in [0.15, 0.2) is 54.6 Å². The zero-order valence-corrected chi connectivity index (χ0v) is 15.3. The number of aryl methyl sites for hydroxylation is 2. The first-order valence-corrected chi connectivity index (χ1v) is 10.6. The summed E-state index contributed by atoms with van der Waals surface area (Å²) in [5, 5.41) is 5.32. The van der Waals surface area contributed by atoms with E-state index in [1.54, 1.807) is 24.3 Å². The maximum absolute atomic E-state index is 12.6. The number of nitrogens with one attached hydrogen (secondary N) is 1. The van der Waals surface area contributed by atoms with E-state index in [9.17, 15) is 13.2 Å². The van der Waals surface area contributed by atoms with Crippen LogP contribution in [0.2, 0.25) is 0 Å². The molecule has 1 N–H and O–H groups in total. The van der Waals surface area contributed by atoms with Gasteiger partial charge in [0.15, 0.2) is 9.84 Å². The highest BCUT2D eigenvalue weighted by molar-refractivity contribution is 7.89. The van der Waals surface area contributed by atoms with Crippen molar-refractivity contribution in [2.45, 2.75) is 18.6 Å². The molecule has 132 valence electrons. The van der Waals surface area contributed by atoms with Crippen LogP contribution in [-0.2, 0) is 28.4 Å². The summed E-state index contributed by atoms with van der Waals surface area (Å²) in [4.78, 5) is 12.6. The molecule has 3 aromatic carbocycles. The molecule has 1 aliphatic carbocycles. The average molecular weight is 365 g/mol. The third kappa shape index (κ3) is 3.22. The fourth-order valence-electron chi connectivity index (χ4n) is 3.61. The van der Waals surface area contributed by atoms with E-state index in [0.29, 0.717) is 11.1 Å². The van der Waals surface area contributed by atoms with Crippen LogP contribution in [0.25, 0.3) is 10.8 Å². The van der Waals surface area contributed by atoms with Gasteiger partial charge in [-0.1, -0.05) is 36.4 Å². The van der Waals surface area contributed by atoms with E-state index in [4.69, 9.17) is 0 Å². The van der Waals surface area contributed by atoms with E-state index >= 15 is 0 Å². The van der Waals surface area contributed by atoms with Crippen LogP contribution >= 0.6 is 0 Å². The summed E-state index contributed by atoms with van der Waals surface area (Å²) >= 11 is 0. The zero-order valence-electron chi connectivity index (χ0n) is 14.5. The summed E-state index contributed by atoms with van der Waals surface area (Å²) in [6, 6.07) is 17.0. The Hall–Kier alpha value is -2.66. The highest BCUT2D eigenvalue weighted by Crippen LogP contribution is 2.35. The van der Waals surface area contributed by atoms with Crippen molar-refractivity contribution >= 4 is 32.2 Å². The molecular formula is C21H19NO3S. The van der Waals surface area contributed by atoms with E-state index < -0.39 is 9.84 Å². The minimum Gasteiger partial charge on any atom is -0.321 e. The van der Waals surface area contributed by atoms with E-state index in [1.165, 1.54) is 22.8 Å². The van der Waals surface area contributed by atoms with Gasteiger partial charge >= 0.3 is 0 Å². The Bertz CT molecular complexity index is 1110. The molecule has 0 heterocycles. The number of hydrogen-bond donors (Lipinski definition) is 1. The van der Waals surface area contributed by atoms with Crippen LogP contribution in [0.3, 0.4) is 0 Å². The van der Waals surface area contributed by atoms with Gasteiger partial charge in [0.2, 0.25) is 0 Å². The molecule has 0 radical (unpaired) electrons. The molecule has 0 fully saturated rings. The number of sulfone groups is 1. The lowest BCUT2D eigenvalue weighted by molar-refractivity contribution is 0.102. The highest BCUT2D eigenvalue weighted by atomic mass is 32.2. The van der Waals surface area contributed by atoms with Gasteiger partial charge in [-0.15, -0.1) is 0 Å². The second-order valence-electron chi connectivity index (χ2n) is 6.83. The number of hydrogen-bond acceptors (Lipinski definition) is 3. The van der Waals surface area contributed by atoms with E-state index in [1.807, 2.05) is 18.2 Å². The molecule has 3 aromatic rings. The van der Waals surface area contributed by atoms with Gasteiger partial charge < -0.3 is 5.32 Å². The predicted molar refractivity (Wildman–Crippen MR) is 104 cm³/mol. The van der Waals surface area contributed by atoms with Gasteiger partial charge in [0.1, 0.15) is 0 Å². The SMILES string of the molecule is CS(=O)(=O)Cc1ccc(C(=O)Nc2ccc3c4c(cccc24)CC3)cc1. The van der Waals surface area contributed by atoms with Gasteiger partial charge in [-0.2, -0.15) is 0 Å². The smallest absolute Gasteiger partial charge is 0.255 e. The van der Waals surface area contributed by atoms with Crippen molar-refractivity contribution in [3.8, 4) is 0 Å². The first-order valence-electron chi connectivity index (χ1n) is 8.52. The van der Waals surface area contributed by atoms with Crippen LogP contribution < -0.4 is 5.32 Å². The molecule has 4 nitrogen and oxygen atoms in total.